The van der Waals surface area contributed by atoms with Crippen molar-refractivity contribution < 1.29 is 0 Å². The van der Waals surface area contributed by atoms with Gasteiger partial charge in [0, 0.05) is 32.4 Å². The first-order valence-corrected chi connectivity index (χ1v) is 5.45. The van der Waals surface area contributed by atoms with Crippen LogP contribution in [0.2, 0.25) is 0 Å². The minimum atomic E-state index is 0.244. The second-order valence-electron chi connectivity index (χ2n) is 3.73. The molecule has 2 N–H and O–H groups in total. The van der Waals surface area contributed by atoms with Crippen molar-refractivity contribution in [3.63, 3.8) is 0 Å². The van der Waals surface area contributed by atoms with Gasteiger partial charge in [0.2, 0.25) is 0 Å². The average molecular weight is 206 g/mol. The topological polar surface area (TPSA) is 40.2 Å². The predicted octanol–water partition coefficient (Wildman–Crippen LogP) is 0.205. The molecular formula is C11H18N4. The van der Waals surface area contributed by atoms with Gasteiger partial charge in [-0.3, -0.25) is 15.2 Å². The second-order valence-corrected chi connectivity index (χ2v) is 3.73. The first kappa shape index (κ1) is 10.5. The molecule has 82 valence electrons. The second kappa shape index (κ2) is 5.21. The number of pyridine rings is 1. The molecule has 0 amide bonds. The standard InChI is InChI=1S/C11H18N4/c1-12-11(10-4-2-3-5-14-10)15-8-6-13-7-9-15/h2-5,11-13H,6-9H2,1H3. The molecule has 4 nitrogen and oxygen atoms in total. The minimum absolute atomic E-state index is 0.244. The van der Waals surface area contributed by atoms with Crippen molar-refractivity contribution in [3.8, 4) is 0 Å². The van der Waals surface area contributed by atoms with Crippen LogP contribution in [-0.2, 0) is 0 Å². The van der Waals surface area contributed by atoms with Crippen LogP contribution in [0.4, 0.5) is 0 Å². The van der Waals surface area contributed by atoms with E-state index in [1.165, 1.54) is 0 Å². The van der Waals surface area contributed by atoms with Crippen LogP contribution in [-0.4, -0.2) is 43.1 Å². The molecule has 0 radical (unpaired) electrons. The van der Waals surface area contributed by atoms with E-state index in [2.05, 4.69) is 26.6 Å². The van der Waals surface area contributed by atoms with Gasteiger partial charge in [0.05, 0.1) is 5.69 Å². The molecule has 1 aliphatic heterocycles. The monoisotopic (exact) mass is 206 g/mol. The molecule has 2 heterocycles. The van der Waals surface area contributed by atoms with E-state index in [1.807, 2.05) is 25.4 Å². The maximum absolute atomic E-state index is 4.40. The molecule has 1 aromatic heterocycles. The molecule has 15 heavy (non-hydrogen) atoms. The average Bonchev–Trinajstić information content (AvgIpc) is 2.33. The number of rotatable bonds is 3. The number of nitrogens with zero attached hydrogens (tertiary/aromatic N) is 2. The van der Waals surface area contributed by atoms with Gasteiger partial charge in [-0.1, -0.05) is 6.07 Å². The van der Waals surface area contributed by atoms with Crippen LogP contribution in [0.25, 0.3) is 0 Å². The molecule has 0 spiro atoms. The van der Waals surface area contributed by atoms with Gasteiger partial charge in [0.25, 0.3) is 0 Å². The summed E-state index contributed by atoms with van der Waals surface area (Å²) in [7, 11) is 1.99. The van der Waals surface area contributed by atoms with E-state index in [1.54, 1.807) is 0 Å². The zero-order chi connectivity index (χ0) is 10.5. The lowest BCUT2D eigenvalue weighted by molar-refractivity contribution is 0.150. The van der Waals surface area contributed by atoms with Gasteiger partial charge in [-0.25, -0.2) is 0 Å². The lowest BCUT2D eigenvalue weighted by atomic mass is 10.2. The summed E-state index contributed by atoms with van der Waals surface area (Å²) >= 11 is 0. The van der Waals surface area contributed by atoms with Gasteiger partial charge in [0.15, 0.2) is 0 Å². The molecule has 0 aliphatic carbocycles. The van der Waals surface area contributed by atoms with Crippen LogP contribution in [0, 0.1) is 0 Å². The molecule has 1 saturated heterocycles. The van der Waals surface area contributed by atoms with Crippen LogP contribution in [0.3, 0.4) is 0 Å². The van der Waals surface area contributed by atoms with Crippen molar-refractivity contribution in [3.05, 3.63) is 30.1 Å². The zero-order valence-corrected chi connectivity index (χ0v) is 9.11. The van der Waals surface area contributed by atoms with Crippen LogP contribution in [0.1, 0.15) is 11.9 Å². The van der Waals surface area contributed by atoms with Crippen LogP contribution in [0.15, 0.2) is 24.4 Å². The van der Waals surface area contributed by atoms with Crippen molar-refractivity contribution in [2.45, 2.75) is 6.17 Å². The Labute approximate surface area is 90.7 Å². The Kier molecular flexibility index (Phi) is 3.66. The smallest absolute Gasteiger partial charge is 0.103 e. The summed E-state index contributed by atoms with van der Waals surface area (Å²) in [5.74, 6) is 0. The van der Waals surface area contributed by atoms with Crippen LogP contribution in [0.5, 0.6) is 0 Å². The highest BCUT2D eigenvalue weighted by atomic mass is 15.3. The van der Waals surface area contributed by atoms with E-state index in [0.29, 0.717) is 0 Å². The normalized spacial score (nSPS) is 20.1. The predicted molar refractivity (Wildman–Crippen MR) is 60.5 cm³/mol. The molecule has 1 atom stereocenters. The van der Waals surface area contributed by atoms with Crippen molar-refractivity contribution in [2.75, 3.05) is 33.2 Å². The maximum atomic E-state index is 4.40. The van der Waals surface area contributed by atoms with Crippen molar-refractivity contribution >= 4 is 0 Å². The Morgan fingerprint density at radius 3 is 2.80 bits per heavy atom. The van der Waals surface area contributed by atoms with Gasteiger partial charge < -0.3 is 5.32 Å². The number of nitrogens with one attached hydrogen (secondary N) is 2. The van der Waals surface area contributed by atoms with E-state index in [0.717, 1.165) is 31.9 Å². The number of hydrogen-bond acceptors (Lipinski definition) is 4. The Morgan fingerprint density at radius 1 is 1.40 bits per heavy atom. The molecule has 1 aliphatic rings. The summed E-state index contributed by atoms with van der Waals surface area (Å²) in [6.45, 7) is 4.26. The number of aromatic nitrogens is 1. The molecule has 4 heteroatoms. The van der Waals surface area contributed by atoms with E-state index in [-0.39, 0.29) is 6.17 Å². The van der Waals surface area contributed by atoms with Crippen molar-refractivity contribution in [1.29, 1.82) is 0 Å². The van der Waals surface area contributed by atoms with Gasteiger partial charge in [-0.15, -0.1) is 0 Å². The molecule has 1 fully saturated rings. The molecule has 0 aromatic carbocycles. The summed E-state index contributed by atoms with van der Waals surface area (Å²) in [4.78, 5) is 6.82. The summed E-state index contributed by atoms with van der Waals surface area (Å²) in [6, 6.07) is 6.06. The highest BCUT2D eigenvalue weighted by molar-refractivity contribution is 5.08. The van der Waals surface area contributed by atoms with Crippen molar-refractivity contribution in [2.24, 2.45) is 0 Å². The third-order valence-corrected chi connectivity index (χ3v) is 2.76. The molecule has 2 rings (SSSR count). The van der Waals surface area contributed by atoms with Crippen LogP contribution >= 0.6 is 0 Å². The molecule has 0 saturated carbocycles. The summed E-state index contributed by atoms with van der Waals surface area (Å²) in [6.07, 6.45) is 2.09. The molecule has 1 unspecified atom stereocenters. The fourth-order valence-corrected chi connectivity index (χ4v) is 2.00. The van der Waals surface area contributed by atoms with Crippen molar-refractivity contribution in [1.82, 2.24) is 20.5 Å². The highest BCUT2D eigenvalue weighted by Crippen LogP contribution is 2.14. The molecule has 0 bridgehead atoms. The van der Waals surface area contributed by atoms with E-state index in [4.69, 9.17) is 0 Å². The highest BCUT2D eigenvalue weighted by Gasteiger charge is 2.20. The maximum Gasteiger partial charge on any atom is 0.103 e. The Hall–Kier alpha value is -0.970. The van der Waals surface area contributed by atoms with Crippen LogP contribution < -0.4 is 10.6 Å². The Bertz CT molecular complexity index is 282. The third-order valence-electron chi connectivity index (χ3n) is 2.76. The fraction of sp³-hybridized carbons (Fsp3) is 0.545. The van der Waals surface area contributed by atoms with Gasteiger partial charge in [-0.2, -0.15) is 0 Å². The molecular weight excluding hydrogens is 188 g/mol. The lowest BCUT2D eigenvalue weighted by Crippen LogP contribution is -2.48. The van der Waals surface area contributed by atoms with E-state index < -0.39 is 0 Å². The Morgan fingerprint density at radius 2 is 2.20 bits per heavy atom. The summed E-state index contributed by atoms with van der Waals surface area (Å²) < 4.78 is 0. The van der Waals surface area contributed by atoms with E-state index >= 15 is 0 Å². The van der Waals surface area contributed by atoms with Gasteiger partial charge >= 0.3 is 0 Å². The lowest BCUT2D eigenvalue weighted by Gasteiger charge is -2.34. The third kappa shape index (κ3) is 2.53. The summed E-state index contributed by atoms with van der Waals surface area (Å²) in [5.41, 5.74) is 1.10. The molecule has 1 aromatic rings. The zero-order valence-electron chi connectivity index (χ0n) is 9.11. The van der Waals surface area contributed by atoms with Gasteiger partial charge in [0.1, 0.15) is 6.17 Å². The number of piperazine rings is 1. The summed E-state index contributed by atoms with van der Waals surface area (Å²) in [5, 5.41) is 6.68. The SMILES string of the molecule is CNC(c1ccccn1)N1CCNCC1. The quantitative estimate of drug-likeness (QED) is 0.741. The Balaban J connectivity index is 2.09. The fourth-order valence-electron chi connectivity index (χ4n) is 2.00. The largest absolute Gasteiger partial charge is 0.314 e. The first-order valence-electron chi connectivity index (χ1n) is 5.45. The first-order chi connectivity index (χ1) is 7.42. The van der Waals surface area contributed by atoms with Gasteiger partial charge in [-0.05, 0) is 19.2 Å². The minimum Gasteiger partial charge on any atom is -0.314 e. The van der Waals surface area contributed by atoms with E-state index in [9.17, 15) is 0 Å². The number of hydrogen-bond donors (Lipinski definition) is 2.